The molecule has 0 aliphatic carbocycles. The van der Waals surface area contributed by atoms with E-state index in [1.165, 1.54) is 16.5 Å². The minimum absolute atomic E-state index is 0.570. The molecule has 2 aromatic heterocycles. The molecule has 0 bridgehead atoms. The van der Waals surface area contributed by atoms with Gasteiger partial charge in [-0.15, -0.1) is 0 Å². The number of nitrogens with zero attached hydrogens (tertiary/aromatic N) is 3. The van der Waals surface area contributed by atoms with Crippen molar-refractivity contribution >= 4 is 21.8 Å². The van der Waals surface area contributed by atoms with Crippen molar-refractivity contribution in [3.8, 4) is 17.1 Å². The van der Waals surface area contributed by atoms with Crippen molar-refractivity contribution < 1.29 is 4.74 Å². The van der Waals surface area contributed by atoms with Gasteiger partial charge in [-0.2, -0.15) is 0 Å². The monoisotopic (exact) mass is 441 g/mol. The molecule has 4 nitrogen and oxygen atoms in total. The topological polar surface area (TPSA) is 39.9 Å². The number of para-hydroxylation sites is 1. The molecular weight excluding hydrogens is 418 g/mol. The highest BCUT2D eigenvalue weighted by Crippen LogP contribution is 2.24. The molecule has 0 aliphatic rings. The molecule has 0 atom stereocenters. The van der Waals surface area contributed by atoms with Crippen LogP contribution in [-0.4, -0.2) is 14.5 Å². The zero-order valence-corrected chi connectivity index (χ0v) is 18.6. The molecule has 164 valence electrons. The molecule has 0 fully saturated rings. The molecule has 0 amide bonds. The maximum absolute atomic E-state index is 5.99. The van der Waals surface area contributed by atoms with E-state index in [0.717, 1.165) is 40.1 Å². The van der Waals surface area contributed by atoms with Crippen LogP contribution in [0.15, 0.2) is 116 Å². The third-order valence-electron chi connectivity index (χ3n) is 6.04. The maximum Gasteiger partial charge on any atom is 0.159 e. The quantitative estimate of drug-likeness (QED) is 0.283. The Balaban J connectivity index is 1.18. The predicted molar refractivity (Wildman–Crippen MR) is 137 cm³/mol. The van der Waals surface area contributed by atoms with Crippen molar-refractivity contribution in [2.45, 2.75) is 13.2 Å². The average molecular weight is 442 g/mol. The standard InChI is InChI=1S/C30H23N3O/c1-2-6-23(7-3-1)21-34-27-14-15-29-25(18-27)16-17-33(29)20-22-10-12-24(13-11-22)30-31-19-26-8-4-5-9-28(26)32-30/h1-19H,20-21H2. The molecule has 0 saturated heterocycles. The van der Waals surface area contributed by atoms with Gasteiger partial charge in [0.05, 0.1) is 5.52 Å². The lowest BCUT2D eigenvalue weighted by atomic mass is 10.1. The van der Waals surface area contributed by atoms with Gasteiger partial charge in [-0.3, -0.25) is 0 Å². The molecule has 6 rings (SSSR count). The highest BCUT2D eigenvalue weighted by Gasteiger charge is 2.07. The van der Waals surface area contributed by atoms with E-state index < -0.39 is 0 Å². The fourth-order valence-corrected chi connectivity index (χ4v) is 4.21. The van der Waals surface area contributed by atoms with Crippen LogP contribution in [0.25, 0.3) is 33.2 Å². The van der Waals surface area contributed by atoms with E-state index in [1.807, 2.05) is 54.7 Å². The molecule has 4 aromatic carbocycles. The zero-order chi connectivity index (χ0) is 22.7. The Hall–Kier alpha value is -4.44. The first-order valence-electron chi connectivity index (χ1n) is 11.4. The van der Waals surface area contributed by atoms with Crippen LogP contribution in [0.2, 0.25) is 0 Å². The first-order chi connectivity index (χ1) is 16.8. The smallest absolute Gasteiger partial charge is 0.159 e. The number of benzene rings is 4. The summed E-state index contributed by atoms with van der Waals surface area (Å²) in [6, 6.07) is 35.2. The molecule has 0 radical (unpaired) electrons. The lowest BCUT2D eigenvalue weighted by Crippen LogP contribution is -1.98. The van der Waals surface area contributed by atoms with Crippen molar-refractivity contribution in [1.82, 2.24) is 14.5 Å². The van der Waals surface area contributed by atoms with Crippen molar-refractivity contribution in [1.29, 1.82) is 0 Å². The summed E-state index contributed by atoms with van der Waals surface area (Å²) < 4.78 is 8.25. The third kappa shape index (κ3) is 4.14. The van der Waals surface area contributed by atoms with Gasteiger partial charge in [0.15, 0.2) is 5.82 Å². The van der Waals surface area contributed by atoms with E-state index in [-0.39, 0.29) is 0 Å². The van der Waals surface area contributed by atoms with Gasteiger partial charge in [-0.25, -0.2) is 9.97 Å². The Morgan fingerprint density at radius 1 is 0.706 bits per heavy atom. The van der Waals surface area contributed by atoms with Gasteiger partial charge in [0.1, 0.15) is 12.4 Å². The molecule has 0 saturated carbocycles. The number of hydrogen-bond acceptors (Lipinski definition) is 3. The minimum Gasteiger partial charge on any atom is -0.489 e. The van der Waals surface area contributed by atoms with E-state index in [0.29, 0.717) is 6.61 Å². The highest BCUT2D eigenvalue weighted by atomic mass is 16.5. The van der Waals surface area contributed by atoms with Crippen LogP contribution in [0.3, 0.4) is 0 Å². The van der Waals surface area contributed by atoms with Gasteiger partial charge >= 0.3 is 0 Å². The largest absolute Gasteiger partial charge is 0.489 e. The van der Waals surface area contributed by atoms with Gasteiger partial charge in [0.25, 0.3) is 0 Å². The molecule has 0 aliphatic heterocycles. The van der Waals surface area contributed by atoms with Gasteiger partial charge in [-0.1, -0.05) is 72.8 Å². The zero-order valence-electron chi connectivity index (χ0n) is 18.6. The van der Waals surface area contributed by atoms with Gasteiger partial charge in [0, 0.05) is 40.8 Å². The van der Waals surface area contributed by atoms with Crippen molar-refractivity contribution in [2.75, 3.05) is 0 Å². The Labute approximate surface area is 198 Å². The molecule has 2 heterocycles. The van der Waals surface area contributed by atoms with Crippen molar-refractivity contribution in [3.05, 3.63) is 127 Å². The van der Waals surface area contributed by atoms with Gasteiger partial charge in [0.2, 0.25) is 0 Å². The number of rotatable bonds is 6. The van der Waals surface area contributed by atoms with Gasteiger partial charge in [-0.05, 0) is 41.5 Å². The molecular formula is C30H23N3O. The van der Waals surface area contributed by atoms with Crippen LogP contribution in [0.4, 0.5) is 0 Å². The molecule has 6 aromatic rings. The van der Waals surface area contributed by atoms with Crippen LogP contribution >= 0.6 is 0 Å². The average Bonchev–Trinajstić information content (AvgIpc) is 3.30. The Bertz CT molecular complexity index is 1570. The number of ether oxygens (including phenoxy) is 1. The van der Waals surface area contributed by atoms with Crippen LogP contribution in [0.1, 0.15) is 11.1 Å². The number of fused-ring (bicyclic) bond motifs is 2. The summed E-state index contributed by atoms with van der Waals surface area (Å²) in [6.45, 7) is 1.37. The maximum atomic E-state index is 5.99. The normalized spacial score (nSPS) is 11.2. The molecule has 0 spiro atoms. The van der Waals surface area contributed by atoms with Crippen LogP contribution in [-0.2, 0) is 13.2 Å². The lowest BCUT2D eigenvalue weighted by Gasteiger charge is -2.09. The second kappa shape index (κ2) is 8.83. The molecule has 0 unspecified atom stereocenters. The summed E-state index contributed by atoms with van der Waals surface area (Å²) in [5, 5.41) is 2.22. The highest BCUT2D eigenvalue weighted by molar-refractivity contribution is 5.82. The van der Waals surface area contributed by atoms with Crippen molar-refractivity contribution in [2.24, 2.45) is 0 Å². The second-order valence-electron chi connectivity index (χ2n) is 8.39. The van der Waals surface area contributed by atoms with E-state index in [4.69, 9.17) is 9.72 Å². The fourth-order valence-electron chi connectivity index (χ4n) is 4.21. The summed E-state index contributed by atoms with van der Waals surface area (Å²) in [5.74, 6) is 1.63. The van der Waals surface area contributed by atoms with Gasteiger partial charge < -0.3 is 9.30 Å². The molecule has 4 heteroatoms. The van der Waals surface area contributed by atoms with E-state index in [1.54, 1.807) is 0 Å². The lowest BCUT2D eigenvalue weighted by molar-refractivity contribution is 0.306. The SMILES string of the molecule is c1ccc(COc2ccc3c(ccn3Cc3ccc(-c4ncc5ccccc5n4)cc3)c2)cc1. The summed E-state index contributed by atoms with van der Waals surface area (Å²) in [5.41, 5.74) is 5.56. The number of aromatic nitrogens is 3. The van der Waals surface area contributed by atoms with Crippen LogP contribution in [0, 0.1) is 0 Å². The third-order valence-corrected chi connectivity index (χ3v) is 6.04. The Kier molecular flexibility index (Phi) is 5.24. The summed E-state index contributed by atoms with van der Waals surface area (Å²) in [4.78, 5) is 9.24. The van der Waals surface area contributed by atoms with E-state index >= 15 is 0 Å². The summed E-state index contributed by atoms with van der Waals surface area (Å²) in [7, 11) is 0. The minimum atomic E-state index is 0.570. The molecule has 34 heavy (non-hydrogen) atoms. The predicted octanol–water partition coefficient (Wildman–Crippen LogP) is 6.88. The first kappa shape index (κ1) is 20.2. The first-order valence-corrected chi connectivity index (χ1v) is 11.4. The molecule has 0 N–H and O–H groups in total. The van der Waals surface area contributed by atoms with E-state index in [9.17, 15) is 0 Å². The Morgan fingerprint density at radius 2 is 1.53 bits per heavy atom. The van der Waals surface area contributed by atoms with Crippen LogP contribution < -0.4 is 4.74 Å². The summed E-state index contributed by atoms with van der Waals surface area (Å²) >= 11 is 0. The second-order valence-corrected chi connectivity index (χ2v) is 8.39. The van der Waals surface area contributed by atoms with E-state index in [2.05, 4.69) is 70.3 Å². The van der Waals surface area contributed by atoms with Crippen molar-refractivity contribution in [3.63, 3.8) is 0 Å². The summed E-state index contributed by atoms with van der Waals surface area (Å²) in [6.07, 6.45) is 4.02. The van der Waals surface area contributed by atoms with Crippen LogP contribution in [0.5, 0.6) is 5.75 Å². The fraction of sp³-hybridized carbons (Fsp3) is 0.0667. The Morgan fingerprint density at radius 3 is 2.41 bits per heavy atom. The number of hydrogen-bond donors (Lipinski definition) is 0.